The molecule has 1 atom stereocenters. The number of ether oxygens (including phenoxy) is 1. The van der Waals surface area contributed by atoms with Crippen molar-refractivity contribution in [1.29, 1.82) is 0 Å². The first-order chi connectivity index (χ1) is 9.04. The van der Waals surface area contributed by atoms with Gasteiger partial charge in [-0.2, -0.15) is 0 Å². The van der Waals surface area contributed by atoms with Gasteiger partial charge < -0.3 is 10.5 Å². The number of methoxy groups -OCH3 is 1. The molecule has 0 amide bonds. The Morgan fingerprint density at radius 1 is 1.16 bits per heavy atom. The second kappa shape index (κ2) is 5.78. The van der Waals surface area contributed by atoms with Gasteiger partial charge in [0.1, 0.15) is 11.6 Å². The van der Waals surface area contributed by atoms with Crippen LogP contribution in [0.3, 0.4) is 0 Å². The zero-order chi connectivity index (χ0) is 14.0. The van der Waals surface area contributed by atoms with Crippen LogP contribution in [-0.2, 0) is 0 Å². The van der Waals surface area contributed by atoms with E-state index >= 15 is 0 Å². The molecule has 0 bridgehead atoms. The maximum absolute atomic E-state index is 13.8. The SMILES string of the molecule is COc1ccc(C(N)c2c(F)cccc2Cl)cc1Cl. The third-order valence-corrected chi connectivity index (χ3v) is 3.47. The van der Waals surface area contributed by atoms with Crippen LogP contribution >= 0.6 is 23.2 Å². The molecule has 19 heavy (non-hydrogen) atoms. The molecular weight excluding hydrogens is 288 g/mol. The topological polar surface area (TPSA) is 35.2 Å². The highest BCUT2D eigenvalue weighted by molar-refractivity contribution is 6.32. The molecule has 0 aliphatic carbocycles. The lowest BCUT2D eigenvalue weighted by atomic mass is 9.99. The van der Waals surface area contributed by atoms with Crippen LogP contribution in [0.5, 0.6) is 5.75 Å². The fourth-order valence-corrected chi connectivity index (χ4v) is 2.40. The number of nitrogens with two attached hydrogens (primary N) is 1. The minimum atomic E-state index is -0.683. The lowest BCUT2D eigenvalue weighted by Gasteiger charge is -2.16. The van der Waals surface area contributed by atoms with E-state index in [2.05, 4.69) is 0 Å². The van der Waals surface area contributed by atoms with Crippen molar-refractivity contribution in [2.75, 3.05) is 7.11 Å². The summed E-state index contributed by atoms with van der Waals surface area (Å²) >= 11 is 12.0. The Morgan fingerprint density at radius 3 is 2.47 bits per heavy atom. The Hall–Kier alpha value is -1.29. The highest BCUT2D eigenvalue weighted by Gasteiger charge is 2.18. The van der Waals surface area contributed by atoms with Crippen molar-refractivity contribution >= 4 is 23.2 Å². The summed E-state index contributed by atoms with van der Waals surface area (Å²) in [6, 6.07) is 8.85. The van der Waals surface area contributed by atoms with Crippen LogP contribution in [0.4, 0.5) is 4.39 Å². The van der Waals surface area contributed by atoms with Gasteiger partial charge in [-0.1, -0.05) is 35.3 Å². The fraction of sp³-hybridized carbons (Fsp3) is 0.143. The molecule has 0 saturated heterocycles. The molecule has 5 heteroatoms. The zero-order valence-corrected chi connectivity index (χ0v) is 11.7. The Kier molecular flexibility index (Phi) is 4.30. The molecule has 0 aromatic heterocycles. The summed E-state index contributed by atoms with van der Waals surface area (Å²) < 4.78 is 18.9. The second-order valence-corrected chi connectivity index (χ2v) is 4.82. The Morgan fingerprint density at radius 2 is 1.89 bits per heavy atom. The Bertz CT molecular complexity index is 584. The summed E-state index contributed by atoms with van der Waals surface area (Å²) in [6.07, 6.45) is 0. The minimum absolute atomic E-state index is 0.255. The van der Waals surface area contributed by atoms with Crippen LogP contribution in [-0.4, -0.2) is 7.11 Å². The number of halogens is 3. The van der Waals surface area contributed by atoms with Crippen molar-refractivity contribution in [2.45, 2.75) is 6.04 Å². The van der Waals surface area contributed by atoms with E-state index < -0.39 is 11.9 Å². The summed E-state index contributed by atoms with van der Waals surface area (Å²) in [5.41, 5.74) is 6.97. The van der Waals surface area contributed by atoms with E-state index in [-0.39, 0.29) is 5.56 Å². The van der Waals surface area contributed by atoms with Crippen molar-refractivity contribution in [2.24, 2.45) is 5.73 Å². The number of benzene rings is 2. The van der Waals surface area contributed by atoms with Gasteiger partial charge in [-0.25, -0.2) is 4.39 Å². The minimum Gasteiger partial charge on any atom is -0.495 e. The van der Waals surface area contributed by atoms with Gasteiger partial charge in [-0.05, 0) is 29.8 Å². The van der Waals surface area contributed by atoms with Crippen molar-refractivity contribution in [1.82, 2.24) is 0 Å². The average molecular weight is 300 g/mol. The number of hydrogen-bond acceptors (Lipinski definition) is 2. The predicted molar refractivity (Wildman–Crippen MR) is 75.4 cm³/mol. The summed E-state index contributed by atoms with van der Waals surface area (Å²) in [5.74, 6) is 0.101. The summed E-state index contributed by atoms with van der Waals surface area (Å²) in [5, 5.41) is 0.711. The van der Waals surface area contributed by atoms with E-state index in [0.717, 1.165) is 0 Å². The lowest BCUT2D eigenvalue weighted by molar-refractivity contribution is 0.415. The molecule has 2 nitrogen and oxygen atoms in total. The van der Waals surface area contributed by atoms with Crippen molar-refractivity contribution < 1.29 is 9.13 Å². The summed E-state index contributed by atoms with van der Waals surface area (Å²) in [7, 11) is 1.52. The highest BCUT2D eigenvalue weighted by atomic mass is 35.5. The van der Waals surface area contributed by atoms with Crippen molar-refractivity contribution in [3.63, 3.8) is 0 Å². The molecule has 0 aliphatic heterocycles. The molecule has 0 spiro atoms. The maximum Gasteiger partial charge on any atom is 0.137 e. The Balaban J connectivity index is 2.44. The average Bonchev–Trinajstić information content (AvgIpc) is 2.38. The molecule has 2 N–H and O–H groups in total. The molecule has 0 saturated carbocycles. The zero-order valence-electron chi connectivity index (χ0n) is 10.2. The Labute approximate surface area is 120 Å². The van der Waals surface area contributed by atoms with Gasteiger partial charge in [-0.3, -0.25) is 0 Å². The van der Waals surface area contributed by atoms with Gasteiger partial charge in [0, 0.05) is 10.6 Å². The van der Waals surface area contributed by atoms with Crippen molar-refractivity contribution in [3.8, 4) is 5.75 Å². The first kappa shape index (κ1) is 14.1. The molecule has 0 heterocycles. The van der Waals surface area contributed by atoms with Gasteiger partial charge in [0.25, 0.3) is 0 Å². The highest BCUT2D eigenvalue weighted by Crippen LogP contribution is 2.32. The van der Waals surface area contributed by atoms with E-state index in [9.17, 15) is 4.39 Å². The molecular formula is C14H12Cl2FNO. The summed E-state index contributed by atoms with van der Waals surface area (Å²) in [6.45, 7) is 0. The molecule has 2 rings (SSSR count). The van der Waals surface area contributed by atoms with Gasteiger partial charge in [0.05, 0.1) is 18.2 Å². The molecule has 1 unspecified atom stereocenters. The second-order valence-electron chi connectivity index (χ2n) is 4.01. The van der Waals surface area contributed by atoms with Crippen LogP contribution in [0, 0.1) is 5.82 Å². The van der Waals surface area contributed by atoms with Crippen molar-refractivity contribution in [3.05, 3.63) is 63.4 Å². The number of rotatable bonds is 3. The van der Waals surface area contributed by atoms with Crippen LogP contribution in [0.2, 0.25) is 10.0 Å². The molecule has 100 valence electrons. The standard InChI is InChI=1S/C14H12Cl2FNO/c1-19-12-6-5-8(7-10(12)16)14(18)13-9(15)3-2-4-11(13)17/h2-7,14H,18H2,1H3. The lowest BCUT2D eigenvalue weighted by Crippen LogP contribution is -2.14. The van der Waals surface area contributed by atoms with Crippen LogP contribution < -0.4 is 10.5 Å². The predicted octanol–water partition coefficient (Wildman–Crippen LogP) is 4.19. The van der Waals surface area contributed by atoms with Gasteiger partial charge >= 0.3 is 0 Å². The molecule has 2 aromatic rings. The van der Waals surface area contributed by atoms with Gasteiger partial charge in [0.2, 0.25) is 0 Å². The van der Waals surface area contributed by atoms with Gasteiger partial charge in [-0.15, -0.1) is 0 Å². The third-order valence-electron chi connectivity index (χ3n) is 2.85. The molecule has 2 aromatic carbocycles. The smallest absolute Gasteiger partial charge is 0.137 e. The maximum atomic E-state index is 13.8. The monoisotopic (exact) mass is 299 g/mol. The first-order valence-corrected chi connectivity index (χ1v) is 6.33. The molecule has 0 radical (unpaired) electrons. The molecule has 0 aliphatic rings. The van der Waals surface area contributed by atoms with E-state index in [1.807, 2.05) is 0 Å². The third kappa shape index (κ3) is 2.84. The summed E-state index contributed by atoms with van der Waals surface area (Å²) in [4.78, 5) is 0. The van der Waals surface area contributed by atoms with E-state index in [4.69, 9.17) is 33.7 Å². The first-order valence-electron chi connectivity index (χ1n) is 5.57. The largest absolute Gasteiger partial charge is 0.495 e. The fourth-order valence-electron chi connectivity index (χ4n) is 1.85. The number of hydrogen-bond donors (Lipinski definition) is 1. The van der Waals surface area contributed by atoms with Crippen LogP contribution in [0.15, 0.2) is 36.4 Å². The van der Waals surface area contributed by atoms with E-state index in [1.54, 1.807) is 24.3 Å². The molecule has 0 fully saturated rings. The van der Waals surface area contributed by atoms with E-state index in [1.165, 1.54) is 19.2 Å². The van der Waals surface area contributed by atoms with Crippen LogP contribution in [0.25, 0.3) is 0 Å². The van der Waals surface area contributed by atoms with Gasteiger partial charge in [0.15, 0.2) is 0 Å². The quantitative estimate of drug-likeness (QED) is 0.922. The normalized spacial score (nSPS) is 12.3. The van der Waals surface area contributed by atoms with E-state index in [0.29, 0.717) is 21.4 Å². The van der Waals surface area contributed by atoms with Crippen LogP contribution in [0.1, 0.15) is 17.2 Å².